The molecule has 0 fully saturated rings. The average molecular weight is 253 g/mol. The van der Waals surface area contributed by atoms with Crippen molar-refractivity contribution in [1.29, 1.82) is 0 Å². The van der Waals surface area contributed by atoms with E-state index in [0.717, 1.165) is 13.1 Å². The molecule has 1 rings (SSSR count). The SMILES string of the molecule is CC(C)N(CCNc1cc(F)ccc1N)C(C)C. The zero-order valence-corrected chi connectivity index (χ0v) is 11.7. The van der Waals surface area contributed by atoms with Gasteiger partial charge in [-0.3, -0.25) is 4.90 Å². The maximum atomic E-state index is 13.1. The number of benzene rings is 1. The van der Waals surface area contributed by atoms with Crippen LogP contribution in [0.1, 0.15) is 27.7 Å². The Morgan fingerprint density at radius 2 is 1.83 bits per heavy atom. The molecule has 0 saturated carbocycles. The van der Waals surface area contributed by atoms with E-state index < -0.39 is 0 Å². The highest BCUT2D eigenvalue weighted by Crippen LogP contribution is 2.18. The predicted molar refractivity (Wildman–Crippen MR) is 76.3 cm³/mol. The summed E-state index contributed by atoms with van der Waals surface area (Å²) < 4.78 is 13.1. The lowest BCUT2D eigenvalue weighted by Crippen LogP contribution is -2.40. The zero-order valence-electron chi connectivity index (χ0n) is 11.7. The monoisotopic (exact) mass is 253 g/mol. The van der Waals surface area contributed by atoms with Crippen LogP contribution in [0.2, 0.25) is 0 Å². The molecule has 18 heavy (non-hydrogen) atoms. The fraction of sp³-hybridized carbons (Fsp3) is 0.571. The highest BCUT2D eigenvalue weighted by molar-refractivity contribution is 5.65. The van der Waals surface area contributed by atoms with Crippen molar-refractivity contribution in [3.8, 4) is 0 Å². The molecule has 0 radical (unpaired) electrons. The van der Waals surface area contributed by atoms with Crippen LogP contribution in [-0.2, 0) is 0 Å². The average Bonchev–Trinajstić information content (AvgIpc) is 2.27. The van der Waals surface area contributed by atoms with E-state index in [4.69, 9.17) is 5.73 Å². The molecule has 1 aromatic carbocycles. The van der Waals surface area contributed by atoms with Gasteiger partial charge < -0.3 is 11.1 Å². The van der Waals surface area contributed by atoms with Crippen LogP contribution in [0.4, 0.5) is 15.8 Å². The minimum absolute atomic E-state index is 0.267. The molecule has 0 aliphatic carbocycles. The third-order valence-corrected chi connectivity index (χ3v) is 3.03. The highest BCUT2D eigenvalue weighted by Gasteiger charge is 2.12. The van der Waals surface area contributed by atoms with Crippen molar-refractivity contribution >= 4 is 11.4 Å². The van der Waals surface area contributed by atoms with E-state index in [0.29, 0.717) is 23.5 Å². The Labute approximate surface area is 109 Å². The topological polar surface area (TPSA) is 41.3 Å². The van der Waals surface area contributed by atoms with Gasteiger partial charge in [-0.25, -0.2) is 4.39 Å². The minimum atomic E-state index is -0.267. The van der Waals surface area contributed by atoms with Gasteiger partial charge >= 0.3 is 0 Å². The van der Waals surface area contributed by atoms with Crippen molar-refractivity contribution in [2.75, 3.05) is 24.1 Å². The predicted octanol–water partition coefficient (Wildman–Crippen LogP) is 2.94. The Hall–Kier alpha value is -1.29. The number of nitrogens with one attached hydrogen (secondary N) is 1. The molecule has 102 valence electrons. The Morgan fingerprint density at radius 1 is 1.22 bits per heavy atom. The highest BCUT2D eigenvalue weighted by atomic mass is 19.1. The number of hydrogen-bond donors (Lipinski definition) is 2. The number of hydrogen-bond acceptors (Lipinski definition) is 3. The van der Waals surface area contributed by atoms with Gasteiger partial charge in [0.15, 0.2) is 0 Å². The van der Waals surface area contributed by atoms with E-state index in [1.807, 2.05) is 0 Å². The van der Waals surface area contributed by atoms with Crippen LogP contribution >= 0.6 is 0 Å². The third kappa shape index (κ3) is 4.18. The number of halogens is 1. The van der Waals surface area contributed by atoms with Gasteiger partial charge in [0.1, 0.15) is 5.82 Å². The van der Waals surface area contributed by atoms with Crippen LogP contribution < -0.4 is 11.1 Å². The lowest BCUT2D eigenvalue weighted by atomic mass is 10.2. The molecule has 0 heterocycles. The summed E-state index contributed by atoms with van der Waals surface area (Å²) in [5, 5.41) is 3.19. The molecule has 3 N–H and O–H groups in total. The van der Waals surface area contributed by atoms with E-state index in [1.54, 1.807) is 6.07 Å². The molecular weight excluding hydrogens is 229 g/mol. The molecule has 0 aromatic heterocycles. The van der Waals surface area contributed by atoms with Gasteiger partial charge in [0.2, 0.25) is 0 Å². The molecule has 0 spiro atoms. The standard InChI is InChI=1S/C14H24FN3/c1-10(2)18(11(3)4)8-7-17-14-9-12(15)5-6-13(14)16/h5-6,9-11,17H,7-8,16H2,1-4H3. The van der Waals surface area contributed by atoms with Crippen molar-refractivity contribution in [3.63, 3.8) is 0 Å². The molecule has 0 amide bonds. The number of anilines is 2. The summed E-state index contributed by atoms with van der Waals surface area (Å²) in [4.78, 5) is 2.38. The molecule has 0 unspecified atom stereocenters. The quantitative estimate of drug-likeness (QED) is 0.766. The summed E-state index contributed by atoms with van der Waals surface area (Å²) in [6, 6.07) is 5.38. The van der Waals surface area contributed by atoms with Crippen LogP contribution in [0.5, 0.6) is 0 Å². The van der Waals surface area contributed by atoms with E-state index in [1.165, 1.54) is 12.1 Å². The Morgan fingerprint density at radius 3 is 2.39 bits per heavy atom. The molecule has 0 aliphatic heterocycles. The second kappa shape index (κ2) is 6.59. The van der Waals surface area contributed by atoms with E-state index in [-0.39, 0.29) is 5.82 Å². The molecule has 4 heteroatoms. The van der Waals surface area contributed by atoms with Gasteiger partial charge in [0, 0.05) is 25.2 Å². The second-order valence-electron chi connectivity index (χ2n) is 5.08. The van der Waals surface area contributed by atoms with Crippen LogP contribution in [-0.4, -0.2) is 30.1 Å². The van der Waals surface area contributed by atoms with Gasteiger partial charge in [-0.05, 0) is 45.9 Å². The normalized spacial score (nSPS) is 11.6. The fourth-order valence-electron chi connectivity index (χ4n) is 2.11. The summed E-state index contributed by atoms with van der Waals surface area (Å²) >= 11 is 0. The van der Waals surface area contributed by atoms with Crippen LogP contribution in [0, 0.1) is 5.82 Å². The lowest BCUT2D eigenvalue weighted by molar-refractivity contribution is 0.182. The summed E-state index contributed by atoms with van der Waals surface area (Å²) in [7, 11) is 0. The first-order valence-electron chi connectivity index (χ1n) is 6.46. The molecule has 1 aromatic rings. The number of nitrogens with zero attached hydrogens (tertiary/aromatic N) is 1. The van der Waals surface area contributed by atoms with Gasteiger partial charge in [-0.2, -0.15) is 0 Å². The largest absolute Gasteiger partial charge is 0.397 e. The molecule has 3 nitrogen and oxygen atoms in total. The van der Waals surface area contributed by atoms with Crippen LogP contribution in [0.15, 0.2) is 18.2 Å². The first-order chi connectivity index (χ1) is 8.41. The second-order valence-corrected chi connectivity index (χ2v) is 5.08. The Kier molecular flexibility index (Phi) is 5.41. The maximum Gasteiger partial charge on any atom is 0.125 e. The van der Waals surface area contributed by atoms with Crippen LogP contribution in [0.3, 0.4) is 0 Å². The third-order valence-electron chi connectivity index (χ3n) is 3.03. The lowest BCUT2D eigenvalue weighted by Gasteiger charge is -2.30. The number of nitrogen functional groups attached to an aromatic ring is 1. The summed E-state index contributed by atoms with van der Waals surface area (Å²) in [5.41, 5.74) is 7.03. The first-order valence-corrected chi connectivity index (χ1v) is 6.46. The molecule has 0 aliphatic rings. The van der Waals surface area contributed by atoms with Gasteiger partial charge in [-0.15, -0.1) is 0 Å². The molecule has 0 atom stereocenters. The van der Waals surface area contributed by atoms with E-state index in [9.17, 15) is 4.39 Å². The zero-order chi connectivity index (χ0) is 13.7. The van der Waals surface area contributed by atoms with E-state index in [2.05, 4.69) is 37.9 Å². The summed E-state index contributed by atoms with van der Waals surface area (Å²) in [6.45, 7) is 10.4. The van der Waals surface area contributed by atoms with Crippen molar-refractivity contribution < 1.29 is 4.39 Å². The smallest absolute Gasteiger partial charge is 0.125 e. The summed E-state index contributed by atoms with van der Waals surface area (Å²) in [6.07, 6.45) is 0. The fourth-order valence-corrected chi connectivity index (χ4v) is 2.11. The molecular formula is C14H24FN3. The van der Waals surface area contributed by atoms with Gasteiger partial charge in [-0.1, -0.05) is 0 Å². The van der Waals surface area contributed by atoms with Crippen molar-refractivity contribution in [2.24, 2.45) is 0 Å². The van der Waals surface area contributed by atoms with Crippen molar-refractivity contribution in [3.05, 3.63) is 24.0 Å². The number of rotatable bonds is 6. The summed E-state index contributed by atoms with van der Waals surface area (Å²) in [5.74, 6) is -0.267. The molecule has 0 saturated heterocycles. The minimum Gasteiger partial charge on any atom is -0.397 e. The van der Waals surface area contributed by atoms with Gasteiger partial charge in [0.05, 0.1) is 11.4 Å². The number of nitrogens with two attached hydrogens (primary N) is 1. The Balaban J connectivity index is 2.52. The first kappa shape index (κ1) is 14.8. The van der Waals surface area contributed by atoms with Crippen LogP contribution in [0.25, 0.3) is 0 Å². The van der Waals surface area contributed by atoms with Gasteiger partial charge in [0.25, 0.3) is 0 Å². The molecule has 0 bridgehead atoms. The van der Waals surface area contributed by atoms with E-state index >= 15 is 0 Å². The maximum absolute atomic E-state index is 13.1. The van der Waals surface area contributed by atoms with Crippen molar-refractivity contribution in [1.82, 2.24) is 4.90 Å². The Bertz CT molecular complexity index is 369. The van der Waals surface area contributed by atoms with Crippen molar-refractivity contribution in [2.45, 2.75) is 39.8 Å².